The number of aromatic nitrogens is 2. The molecule has 0 amide bonds. The topological polar surface area (TPSA) is 91.4 Å². The van der Waals surface area contributed by atoms with Gasteiger partial charge in [0.15, 0.2) is 6.61 Å². The molecule has 31 heavy (non-hydrogen) atoms. The number of esters is 1. The summed E-state index contributed by atoms with van der Waals surface area (Å²) in [7, 11) is 0. The summed E-state index contributed by atoms with van der Waals surface area (Å²) in [6, 6.07) is 13.0. The van der Waals surface area contributed by atoms with E-state index in [-0.39, 0.29) is 24.5 Å². The van der Waals surface area contributed by atoms with Gasteiger partial charge in [0.25, 0.3) is 5.56 Å². The normalized spacial score (nSPS) is 11.2. The predicted molar refractivity (Wildman–Crippen MR) is 116 cm³/mol. The molecule has 0 unspecified atom stereocenters. The number of ether oxygens (including phenoxy) is 1. The van der Waals surface area contributed by atoms with Gasteiger partial charge in [0, 0.05) is 10.9 Å². The minimum atomic E-state index is -0.697. The fourth-order valence-electron chi connectivity index (χ4n) is 3.55. The van der Waals surface area contributed by atoms with E-state index in [1.807, 2.05) is 44.2 Å². The summed E-state index contributed by atoms with van der Waals surface area (Å²) in [5, 5.41) is 0.732. The third kappa shape index (κ3) is 3.99. The van der Waals surface area contributed by atoms with Gasteiger partial charge in [0.05, 0.1) is 6.33 Å². The van der Waals surface area contributed by atoms with Crippen molar-refractivity contribution >= 4 is 33.8 Å². The van der Waals surface area contributed by atoms with Crippen molar-refractivity contribution in [2.45, 2.75) is 33.2 Å². The smallest absolute Gasteiger partial charge is 0.326 e. The molecule has 0 saturated heterocycles. The molecular formula is C24H22N2O5. The second-order valence-electron chi connectivity index (χ2n) is 7.24. The molecule has 0 atom stereocenters. The van der Waals surface area contributed by atoms with Crippen molar-refractivity contribution in [3.8, 4) is 0 Å². The maximum Gasteiger partial charge on any atom is 0.326 e. The molecule has 2 aromatic carbocycles. The van der Waals surface area contributed by atoms with Gasteiger partial charge in [-0.2, -0.15) is 0 Å². The van der Waals surface area contributed by atoms with E-state index in [2.05, 4.69) is 4.98 Å². The van der Waals surface area contributed by atoms with Crippen LogP contribution in [0.3, 0.4) is 0 Å². The molecule has 4 aromatic rings. The summed E-state index contributed by atoms with van der Waals surface area (Å²) in [5.41, 5.74) is 3.12. The number of aryl methyl sites for hydroxylation is 2. The molecule has 0 bridgehead atoms. The molecule has 0 aliphatic heterocycles. The van der Waals surface area contributed by atoms with Crippen molar-refractivity contribution in [1.29, 1.82) is 0 Å². The van der Waals surface area contributed by atoms with Gasteiger partial charge in [-0.05, 0) is 42.2 Å². The van der Waals surface area contributed by atoms with E-state index >= 15 is 0 Å². The first-order valence-corrected chi connectivity index (χ1v) is 10.2. The minimum Gasteiger partial charge on any atom is -0.456 e. The number of hydrogen-bond acceptors (Lipinski definition) is 6. The lowest BCUT2D eigenvalue weighted by Crippen LogP contribution is -2.26. The van der Waals surface area contributed by atoms with E-state index in [1.165, 1.54) is 6.33 Å². The lowest BCUT2D eigenvalue weighted by atomic mass is 9.98. The highest BCUT2D eigenvalue weighted by Gasteiger charge is 2.17. The van der Waals surface area contributed by atoms with Crippen molar-refractivity contribution in [1.82, 2.24) is 9.55 Å². The summed E-state index contributed by atoms with van der Waals surface area (Å²) < 4.78 is 11.9. The van der Waals surface area contributed by atoms with Crippen LogP contribution in [-0.4, -0.2) is 27.9 Å². The number of furan rings is 1. The summed E-state index contributed by atoms with van der Waals surface area (Å²) >= 11 is 0. The number of nitrogens with zero attached hydrogens (tertiary/aromatic N) is 2. The summed E-state index contributed by atoms with van der Waals surface area (Å²) in [6.45, 7) is 3.24. The van der Waals surface area contributed by atoms with Crippen LogP contribution < -0.4 is 5.56 Å². The first-order chi connectivity index (χ1) is 15.0. The predicted octanol–water partition coefficient (Wildman–Crippen LogP) is 3.69. The van der Waals surface area contributed by atoms with Crippen molar-refractivity contribution < 1.29 is 18.7 Å². The molecule has 2 heterocycles. The van der Waals surface area contributed by atoms with Crippen LogP contribution in [0.4, 0.5) is 0 Å². The zero-order valence-corrected chi connectivity index (χ0v) is 17.4. The lowest BCUT2D eigenvalue weighted by Gasteiger charge is -2.10. The zero-order valence-electron chi connectivity index (χ0n) is 17.4. The molecule has 7 nitrogen and oxygen atoms in total. The molecule has 4 rings (SSSR count). The molecule has 0 aliphatic rings. The van der Waals surface area contributed by atoms with E-state index in [0.29, 0.717) is 23.1 Å². The Morgan fingerprint density at radius 2 is 1.90 bits per heavy atom. The van der Waals surface area contributed by atoms with Crippen molar-refractivity contribution in [3.05, 3.63) is 75.8 Å². The highest BCUT2D eigenvalue weighted by molar-refractivity contribution is 6.02. The number of ketones is 1. The number of para-hydroxylation sites is 1. The Morgan fingerprint density at radius 3 is 2.68 bits per heavy atom. The van der Waals surface area contributed by atoms with Crippen molar-refractivity contribution in [2.75, 3.05) is 6.61 Å². The molecule has 2 aromatic heterocycles. The Labute approximate surface area is 178 Å². The van der Waals surface area contributed by atoms with E-state index in [9.17, 15) is 14.4 Å². The highest BCUT2D eigenvalue weighted by Crippen LogP contribution is 2.24. The molecule has 7 heteroatoms. The molecule has 0 radical (unpaired) electrons. The number of benzene rings is 2. The number of carbonyl (C=O) groups excluding carboxylic acids is 2. The number of carbonyl (C=O) groups is 2. The quantitative estimate of drug-likeness (QED) is 0.336. The number of rotatable bonds is 7. The Morgan fingerprint density at radius 1 is 1.10 bits per heavy atom. The first kappa shape index (κ1) is 20.5. The highest BCUT2D eigenvalue weighted by atomic mass is 16.5. The summed E-state index contributed by atoms with van der Waals surface area (Å²) in [5.74, 6) is -0.962. The van der Waals surface area contributed by atoms with Gasteiger partial charge in [-0.3, -0.25) is 19.0 Å². The monoisotopic (exact) mass is 418 g/mol. The van der Waals surface area contributed by atoms with Crippen LogP contribution >= 0.6 is 0 Å². The lowest BCUT2D eigenvalue weighted by molar-refractivity contribution is -0.143. The van der Waals surface area contributed by atoms with E-state index in [0.717, 1.165) is 27.5 Å². The first-order valence-electron chi connectivity index (χ1n) is 10.2. The molecule has 158 valence electrons. The average molecular weight is 418 g/mol. The molecular weight excluding hydrogens is 396 g/mol. The number of Topliss-reactive ketones (excluding diaryl/α,β-unsaturated/α-hetero) is 1. The maximum absolute atomic E-state index is 12.7. The molecule has 0 spiro atoms. The Balaban J connectivity index is 1.49. The third-order valence-electron chi connectivity index (χ3n) is 5.28. The SMILES string of the molecule is CCc1ccc(CC)c(C(=O)COC(=O)Cn2cnc3c(oc4ccccc43)c2=O)c1. The van der Waals surface area contributed by atoms with Gasteiger partial charge in [0.2, 0.25) is 11.4 Å². The number of fused-ring (bicyclic) bond motifs is 3. The standard InChI is InChI=1S/C24H22N2O5/c1-3-15-9-10-16(4-2)18(11-15)19(27)13-30-21(28)12-26-14-25-22-17-7-5-6-8-20(17)31-23(22)24(26)29/h5-11,14H,3-4,12-13H2,1-2H3. The van der Waals surface area contributed by atoms with Crippen LogP contribution in [0.5, 0.6) is 0 Å². The van der Waals surface area contributed by atoms with Gasteiger partial charge in [-0.15, -0.1) is 0 Å². The Hall–Kier alpha value is -3.74. The van der Waals surface area contributed by atoms with Crippen LogP contribution in [0.25, 0.3) is 22.1 Å². The fourth-order valence-corrected chi connectivity index (χ4v) is 3.55. The Kier molecular flexibility index (Phi) is 5.66. The van der Waals surface area contributed by atoms with Crippen LogP contribution in [0.2, 0.25) is 0 Å². The summed E-state index contributed by atoms with van der Waals surface area (Å²) in [6.07, 6.45) is 2.80. The van der Waals surface area contributed by atoms with Crippen LogP contribution in [0.1, 0.15) is 35.3 Å². The van der Waals surface area contributed by atoms with E-state index in [1.54, 1.807) is 12.1 Å². The van der Waals surface area contributed by atoms with Crippen molar-refractivity contribution in [3.63, 3.8) is 0 Å². The van der Waals surface area contributed by atoms with Crippen LogP contribution in [0.15, 0.2) is 58.0 Å². The largest absolute Gasteiger partial charge is 0.456 e. The number of hydrogen-bond donors (Lipinski definition) is 0. The van der Waals surface area contributed by atoms with Gasteiger partial charge in [0.1, 0.15) is 17.6 Å². The van der Waals surface area contributed by atoms with E-state index < -0.39 is 11.5 Å². The Bertz CT molecular complexity index is 1350. The second-order valence-corrected chi connectivity index (χ2v) is 7.24. The average Bonchev–Trinajstić information content (AvgIpc) is 3.18. The van der Waals surface area contributed by atoms with Gasteiger partial charge in [-0.1, -0.05) is 38.1 Å². The fraction of sp³-hybridized carbons (Fsp3) is 0.250. The molecule has 0 aliphatic carbocycles. The molecule has 0 saturated carbocycles. The minimum absolute atomic E-state index is 0.0801. The van der Waals surface area contributed by atoms with Gasteiger partial charge < -0.3 is 9.15 Å². The maximum atomic E-state index is 12.7. The second kappa shape index (κ2) is 8.55. The van der Waals surface area contributed by atoms with Gasteiger partial charge in [-0.25, -0.2) is 4.98 Å². The van der Waals surface area contributed by atoms with E-state index in [4.69, 9.17) is 9.15 Å². The third-order valence-corrected chi connectivity index (χ3v) is 5.28. The molecule has 0 N–H and O–H groups in total. The summed E-state index contributed by atoms with van der Waals surface area (Å²) in [4.78, 5) is 41.9. The van der Waals surface area contributed by atoms with Crippen LogP contribution in [0, 0.1) is 0 Å². The van der Waals surface area contributed by atoms with Crippen LogP contribution in [-0.2, 0) is 28.9 Å². The molecule has 0 fully saturated rings. The zero-order chi connectivity index (χ0) is 22.0. The van der Waals surface area contributed by atoms with Gasteiger partial charge >= 0.3 is 5.97 Å². The van der Waals surface area contributed by atoms with Crippen molar-refractivity contribution in [2.24, 2.45) is 0 Å².